The first-order valence-corrected chi connectivity index (χ1v) is 9.52. The first-order chi connectivity index (χ1) is 12.9. The Labute approximate surface area is 157 Å². The number of amides is 1. The van der Waals surface area contributed by atoms with E-state index in [-0.39, 0.29) is 17.3 Å². The van der Waals surface area contributed by atoms with Crippen molar-refractivity contribution in [3.05, 3.63) is 39.9 Å². The molecule has 0 saturated carbocycles. The summed E-state index contributed by atoms with van der Waals surface area (Å²) < 4.78 is 12.7. The first kappa shape index (κ1) is 18.1. The Morgan fingerprint density at radius 1 is 1.33 bits per heavy atom. The monoisotopic (exact) mass is 371 g/mol. The van der Waals surface area contributed by atoms with Gasteiger partial charge in [-0.05, 0) is 43.7 Å². The number of nitrogens with two attached hydrogens (primary N) is 1. The number of benzene rings is 1. The Kier molecular flexibility index (Phi) is 4.31. The van der Waals surface area contributed by atoms with E-state index >= 15 is 0 Å². The lowest BCUT2D eigenvalue weighted by Crippen LogP contribution is -2.44. The minimum absolute atomic E-state index is 0.126. The summed E-state index contributed by atoms with van der Waals surface area (Å²) in [6.45, 7) is 6.56. The number of primary amides is 1. The van der Waals surface area contributed by atoms with Crippen molar-refractivity contribution in [3.63, 3.8) is 0 Å². The van der Waals surface area contributed by atoms with Crippen LogP contribution < -0.4 is 11.3 Å². The Morgan fingerprint density at radius 2 is 2.04 bits per heavy atom. The summed E-state index contributed by atoms with van der Waals surface area (Å²) in [5.74, 6) is -0.493. The molecule has 0 bridgehead atoms. The number of fused-ring (bicyclic) bond motifs is 2. The molecule has 0 spiro atoms. The second kappa shape index (κ2) is 6.42. The third kappa shape index (κ3) is 2.85. The lowest BCUT2D eigenvalue weighted by Gasteiger charge is -2.40. The third-order valence-electron chi connectivity index (χ3n) is 6.20. The van der Waals surface area contributed by atoms with Crippen molar-refractivity contribution in [2.45, 2.75) is 65.1 Å². The molecule has 1 aromatic carbocycles. The van der Waals surface area contributed by atoms with Crippen LogP contribution in [0.2, 0.25) is 0 Å². The zero-order valence-corrected chi connectivity index (χ0v) is 15.9. The average Bonchev–Trinajstić information content (AvgIpc) is 2.65. The largest absolute Gasteiger partial charge is 0.369 e. The number of nitrogens with zero attached hydrogens (tertiary/aromatic N) is 2. The van der Waals surface area contributed by atoms with Gasteiger partial charge < -0.3 is 15.2 Å². The minimum Gasteiger partial charge on any atom is -0.369 e. The molecule has 3 heterocycles. The van der Waals surface area contributed by atoms with Gasteiger partial charge in [-0.25, -0.2) is 4.98 Å². The molecule has 2 N–H and O–H groups in total. The molecule has 27 heavy (non-hydrogen) atoms. The molecule has 0 aliphatic carbocycles. The molecule has 1 saturated heterocycles. The SMILES string of the molecule is CCC1(CC)C[C@@H](C(N)=O)c2nc3ccc(C4OC(C)O4)cc3c(=O)n2C1. The van der Waals surface area contributed by atoms with Crippen LogP contribution in [0.4, 0.5) is 0 Å². The number of rotatable bonds is 4. The van der Waals surface area contributed by atoms with Crippen molar-refractivity contribution in [1.29, 1.82) is 0 Å². The van der Waals surface area contributed by atoms with E-state index in [0.717, 1.165) is 18.4 Å². The second-order valence-electron chi connectivity index (χ2n) is 7.68. The average molecular weight is 371 g/mol. The van der Waals surface area contributed by atoms with Gasteiger partial charge >= 0.3 is 0 Å². The quantitative estimate of drug-likeness (QED) is 0.891. The predicted octanol–water partition coefficient (Wildman–Crippen LogP) is 2.57. The van der Waals surface area contributed by atoms with Gasteiger partial charge in [-0.1, -0.05) is 19.9 Å². The Morgan fingerprint density at radius 3 is 2.63 bits per heavy atom. The van der Waals surface area contributed by atoms with Crippen LogP contribution in [0.1, 0.15) is 63.6 Å². The van der Waals surface area contributed by atoms with Crippen molar-refractivity contribution in [3.8, 4) is 0 Å². The van der Waals surface area contributed by atoms with E-state index in [1.54, 1.807) is 16.7 Å². The molecular weight excluding hydrogens is 346 g/mol. The van der Waals surface area contributed by atoms with Crippen molar-refractivity contribution >= 4 is 16.8 Å². The van der Waals surface area contributed by atoms with Crippen molar-refractivity contribution in [1.82, 2.24) is 9.55 Å². The molecule has 0 radical (unpaired) electrons. The van der Waals surface area contributed by atoms with Crippen LogP contribution in [0.15, 0.2) is 23.0 Å². The van der Waals surface area contributed by atoms with E-state index < -0.39 is 18.1 Å². The highest BCUT2D eigenvalue weighted by Crippen LogP contribution is 2.43. The minimum atomic E-state index is -0.547. The van der Waals surface area contributed by atoms with Crippen LogP contribution in [0.5, 0.6) is 0 Å². The summed E-state index contributed by atoms with van der Waals surface area (Å²) in [5, 5.41) is 0.509. The molecule has 0 unspecified atom stereocenters. The van der Waals surface area contributed by atoms with Crippen LogP contribution in [0, 0.1) is 5.41 Å². The maximum atomic E-state index is 13.3. The van der Waals surface area contributed by atoms with Gasteiger partial charge in [0.05, 0.1) is 16.8 Å². The summed E-state index contributed by atoms with van der Waals surface area (Å²) in [7, 11) is 0. The van der Waals surface area contributed by atoms with Gasteiger partial charge in [0.2, 0.25) is 5.91 Å². The van der Waals surface area contributed by atoms with Gasteiger partial charge in [0.15, 0.2) is 12.6 Å². The number of carbonyl (C=O) groups is 1. The Bertz CT molecular complexity index is 958. The molecule has 2 aliphatic rings. The third-order valence-corrected chi connectivity index (χ3v) is 6.20. The highest BCUT2D eigenvalue weighted by atomic mass is 16.9. The van der Waals surface area contributed by atoms with E-state index in [0.29, 0.717) is 29.7 Å². The van der Waals surface area contributed by atoms with Gasteiger partial charge in [0.1, 0.15) is 5.82 Å². The molecule has 7 nitrogen and oxygen atoms in total. The van der Waals surface area contributed by atoms with Crippen LogP contribution in [0.25, 0.3) is 10.9 Å². The molecule has 1 amide bonds. The van der Waals surface area contributed by atoms with Crippen LogP contribution >= 0.6 is 0 Å². The van der Waals surface area contributed by atoms with Gasteiger partial charge in [-0.3, -0.25) is 14.2 Å². The zero-order valence-electron chi connectivity index (χ0n) is 15.9. The fourth-order valence-electron chi connectivity index (χ4n) is 4.25. The van der Waals surface area contributed by atoms with Gasteiger partial charge in [-0.15, -0.1) is 0 Å². The topological polar surface area (TPSA) is 96.4 Å². The van der Waals surface area contributed by atoms with Crippen LogP contribution in [0.3, 0.4) is 0 Å². The van der Waals surface area contributed by atoms with E-state index in [1.165, 1.54) is 0 Å². The van der Waals surface area contributed by atoms with Gasteiger partial charge in [0, 0.05) is 12.1 Å². The lowest BCUT2D eigenvalue weighted by atomic mass is 9.72. The lowest BCUT2D eigenvalue weighted by molar-refractivity contribution is -0.382. The normalized spacial score (nSPS) is 26.4. The van der Waals surface area contributed by atoms with E-state index in [1.807, 2.05) is 13.0 Å². The number of carbonyl (C=O) groups excluding carboxylic acids is 1. The molecule has 1 atom stereocenters. The number of ether oxygens (including phenoxy) is 2. The zero-order chi connectivity index (χ0) is 19.3. The summed E-state index contributed by atoms with van der Waals surface area (Å²) in [6, 6.07) is 5.40. The summed E-state index contributed by atoms with van der Waals surface area (Å²) in [6.07, 6.45) is 1.69. The van der Waals surface area contributed by atoms with Gasteiger partial charge in [0.25, 0.3) is 5.56 Å². The van der Waals surface area contributed by atoms with Crippen LogP contribution in [-0.2, 0) is 20.8 Å². The Balaban J connectivity index is 1.87. The first-order valence-electron chi connectivity index (χ1n) is 9.52. The predicted molar refractivity (Wildman–Crippen MR) is 99.9 cm³/mol. The standard InChI is InChI=1S/C20H25N3O4/c1-4-20(5-2)9-14(16(21)24)17-22-15-7-6-12(19-26-11(3)27-19)8-13(15)18(25)23(17)10-20/h6-8,11,14,19H,4-5,9-10H2,1-3H3,(H2,21,24)/t11?,14-,19?/m0/s1. The molecule has 1 aromatic heterocycles. The van der Waals surface area contributed by atoms with E-state index in [4.69, 9.17) is 15.2 Å². The molecule has 7 heteroatoms. The van der Waals surface area contributed by atoms with Crippen molar-refractivity contribution < 1.29 is 14.3 Å². The highest BCUT2D eigenvalue weighted by molar-refractivity contribution is 5.83. The van der Waals surface area contributed by atoms with E-state index in [9.17, 15) is 9.59 Å². The molecular formula is C20H25N3O4. The number of aromatic nitrogens is 2. The molecule has 4 rings (SSSR count). The smallest absolute Gasteiger partial charge is 0.261 e. The summed E-state index contributed by atoms with van der Waals surface area (Å²) in [4.78, 5) is 30.1. The molecule has 144 valence electrons. The maximum absolute atomic E-state index is 13.3. The maximum Gasteiger partial charge on any atom is 0.261 e. The fraction of sp³-hybridized carbons (Fsp3) is 0.550. The Hall–Kier alpha value is -2.25. The fourth-order valence-corrected chi connectivity index (χ4v) is 4.25. The number of hydrogen-bond acceptors (Lipinski definition) is 5. The molecule has 2 aromatic rings. The second-order valence-corrected chi connectivity index (χ2v) is 7.68. The summed E-state index contributed by atoms with van der Waals surface area (Å²) >= 11 is 0. The molecule has 1 fully saturated rings. The van der Waals surface area contributed by atoms with E-state index in [2.05, 4.69) is 18.8 Å². The highest BCUT2D eigenvalue weighted by Gasteiger charge is 2.41. The van der Waals surface area contributed by atoms with Crippen molar-refractivity contribution in [2.75, 3.05) is 0 Å². The van der Waals surface area contributed by atoms with Gasteiger partial charge in [-0.2, -0.15) is 0 Å². The summed E-state index contributed by atoms with van der Waals surface area (Å²) in [5.41, 5.74) is 6.77. The molecule has 2 aliphatic heterocycles. The van der Waals surface area contributed by atoms with Crippen LogP contribution in [-0.4, -0.2) is 21.7 Å². The van der Waals surface area contributed by atoms with Crippen molar-refractivity contribution in [2.24, 2.45) is 11.1 Å². The number of hydrogen-bond donors (Lipinski definition) is 1.